The Morgan fingerprint density at radius 2 is 2.37 bits per heavy atom. The lowest BCUT2D eigenvalue weighted by Crippen LogP contribution is -2.14. The zero-order chi connectivity index (χ0) is 13.7. The van der Waals surface area contributed by atoms with Crippen LogP contribution in [0.5, 0.6) is 5.88 Å². The Balaban J connectivity index is 1.86. The quantitative estimate of drug-likeness (QED) is 0.890. The molecule has 0 fully saturated rings. The van der Waals surface area contributed by atoms with Crippen molar-refractivity contribution in [1.82, 2.24) is 10.1 Å². The van der Waals surface area contributed by atoms with Gasteiger partial charge < -0.3 is 14.6 Å². The number of carbonyl (C=O) groups excluding carboxylic acids is 1. The van der Waals surface area contributed by atoms with Crippen molar-refractivity contribution < 1.29 is 14.1 Å². The van der Waals surface area contributed by atoms with Crippen molar-refractivity contribution in [2.24, 2.45) is 0 Å². The third-order valence-electron chi connectivity index (χ3n) is 2.61. The highest BCUT2D eigenvalue weighted by atomic mass is 16.5. The molecule has 0 spiro atoms. The number of ether oxygens (including phenoxy) is 1. The van der Waals surface area contributed by atoms with Crippen molar-refractivity contribution in [3.8, 4) is 5.88 Å². The molecule has 19 heavy (non-hydrogen) atoms. The molecule has 0 saturated carbocycles. The van der Waals surface area contributed by atoms with Crippen molar-refractivity contribution in [2.45, 2.75) is 19.8 Å². The van der Waals surface area contributed by atoms with Crippen molar-refractivity contribution in [3.05, 3.63) is 35.7 Å². The summed E-state index contributed by atoms with van der Waals surface area (Å²) in [5, 5.41) is 6.43. The SMILES string of the molecule is COc1cc(CCC(=O)Nc2ncccc2C)on1. The van der Waals surface area contributed by atoms with E-state index >= 15 is 0 Å². The summed E-state index contributed by atoms with van der Waals surface area (Å²) < 4.78 is 9.91. The number of aromatic nitrogens is 2. The van der Waals surface area contributed by atoms with Crippen molar-refractivity contribution >= 4 is 11.7 Å². The van der Waals surface area contributed by atoms with Gasteiger partial charge in [-0.2, -0.15) is 0 Å². The van der Waals surface area contributed by atoms with Crippen LogP contribution in [0, 0.1) is 6.92 Å². The molecule has 0 aliphatic carbocycles. The monoisotopic (exact) mass is 261 g/mol. The van der Waals surface area contributed by atoms with E-state index < -0.39 is 0 Å². The van der Waals surface area contributed by atoms with Gasteiger partial charge in [0.2, 0.25) is 5.91 Å². The highest BCUT2D eigenvalue weighted by Crippen LogP contribution is 2.13. The smallest absolute Gasteiger partial charge is 0.254 e. The van der Waals surface area contributed by atoms with Gasteiger partial charge in [0.15, 0.2) is 0 Å². The van der Waals surface area contributed by atoms with E-state index in [4.69, 9.17) is 9.26 Å². The Labute approximate surface area is 110 Å². The molecular weight excluding hydrogens is 246 g/mol. The van der Waals surface area contributed by atoms with E-state index in [1.165, 1.54) is 7.11 Å². The largest absolute Gasteiger partial charge is 0.479 e. The van der Waals surface area contributed by atoms with E-state index in [2.05, 4.69) is 15.5 Å². The second-order valence-electron chi connectivity index (χ2n) is 4.05. The molecule has 0 aromatic carbocycles. The number of carbonyl (C=O) groups is 1. The molecule has 2 heterocycles. The number of pyridine rings is 1. The molecule has 0 radical (unpaired) electrons. The normalized spacial score (nSPS) is 10.2. The van der Waals surface area contributed by atoms with Crippen LogP contribution in [0.3, 0.4) is 0 Å². The average Bonchev–Trinajstić information content (AvgIpc) is 2.87. The minimum Gasteiger partial charge on any atom is -0.479 e. The van der Waals surface area contributed by atoms with Gasteiger partial charge in [-0.25, -0.2) is 4.98 Å². The fourth-order valence-electron chi connectivity index (χ4n) is 1.56. The fraction of sp³-hybridized carbons (Fsp3) is 0.308. The van der Waals surface area contributed by atoms with Gasteiger partial charge >= 0.3 is 0 Å². The first-order chi connectivity index (χ1) is 9.19. The van der Waals surface area contributed by atoms with E-state index in [0.717, 1.165) is 5.56 Å². The van der Waals surface area contributed by atoms with Crippen LogP contribution in [0.4, 0.5) is 5.82 Å². The predicted octanol–water partition coefficient (Wildman–Crippen LogP) is 1.96. The molecule has 6 nitrogen and oxygen atoms in total. The van der Waals surface area contributed by atoms with Gasteiger partial charge in [0.25, 0.3) is 5.88 Å². The van der Waals surface area contributed by atoms with E-state index in [1.54, 1.807) is 12.3 Å². The Hall–Kier alpha value is -2.37. The van der Waals surface area contributed by atoms with Gasteiger partial charge in [-0.05, 0) is 23.7 Å². The van der Waals surface area contributed by atoms with E-state index in [-0.39, 0.29) is 5.91 Å². The number of nitrogens with zero attached hydrogens (tertiary/aromatic N) is 2. The van der Waals surface area contributed by atoms with Gasteiger partial charge in [-0.3, -0.25) is 4.79 Å². The molecule has 2 rings (SSSR count). The molecule has 0 aliphatic heterocycles. The molecule has 1 N–H and O–H groups in total. The average molecular weight is 261 g/mol. The molecule has 0 atom stereocenters. The Morgan fingerprint density at radius 3 is 3.05 bits per heavy atom. The summed E-state index contributed by atoms with van der Waals surface area (Å²) in [6.45, 7) is 1.89. The number of anilines is 1. The molecule has 2 aromatic heterocycles. The van der Waals surface area contributed by atoms with Crippen LogP contribution >= 0.6 is 0 Å². The number of hydrogen-bond acceptors (Lipinski definition) is 5. The third-order valence-corrected chi connectivity index (χ3v) is 2.61. The second-order valence-corrected chi connectivity index (χ2v) is 4.05. The maximum atomic E-state index is 11.8. The van der Waals surface area contributed by atoms with Crippen LogP contribution in [0.25, 0.3) is 0 Å². The lowest BCUT2D eigenvalue weighted by atomic mass is 10.2. The van der Waals surface area contributed by atoms with Crippen LogP contribution in [0.1, 0.15) is 17.7 Å². The molecule has 0 bridgehead atoms. The number of aryl methyl sites for hydroxylation is 2. The maximum Gasteiger partial charge on any atom is 0.254 e. The van der Waals surface area contributed by atoms with Gasteiger partial charge in [0, 0.05) is 25.1 Å². The molecule has 2 aromatic rings. The van der Waals surface area contributed by atoms with Crippen LogP contribution in [0.15, 0.2) is 28.9 Å². The third kappa shape index (κ3) is 3.54. The summed E-state index contributed by atoms with van der Waals surface area (Å²) in [6.07, 6.45) is 2.41. The standard InChI is InChI=1S/C13H15N3O3/c1-9-4-3-7-14-13(9)15-11(17)6-5-10-8-12(18-2)16-19-10/h3-4,7-8H,5-6H2,1-2H3,(H,14,15,17). The van der Waals surface area contributed by atoms with E-state index in [0.29, 0.717) is 30.3 Å². The highest BCUT2D eigenvalue weighted by Gasteiger charge is 2.09. The van der Waals surface area contributed by atoms with Crippen molar-refractivity contribution in [2.75, 3.05) is 12.4 Å². The van der Waals surface area contributed by atoms with Crippen molar-refractivity contribution in [3.63, 3.8) is 0 Å². The second kappa shape index (κ2) is 5.99. The summed E-state index contributed by atoms with van der Waals surface area (Å²) >= 11 is 0. The van der Waals surface area contributed by atoms with Crippen molar-refractivity contribution in [1.29, 1.82) is 0 Å². The summed E-state index contributed by atoms with van der Waals surface area (Å²) in [6, 6.07) is 5.38. The first-order valence-corrected chi connectivity index (χ1v) is 5.90. The Morgan fingerprint density at radius 1 is 1.53 bits per heavy atom. The lowest BCUT2D eigenvalue weighted by Gasteiger charge is -2.05. The molecule has 0 aliphatic rings. The first-order valence-electron chi connectivity index (χ1n) is 5.90. The summed E-state index contributed by atoms with van der Waals surface area (Å²) in [5.74, 6) is 1.50. The topological polar surface area (TPSA) is 77.2 Å². The Bertz CT molecular complexity index is 566. The summed E-state index contributed by atoms with van der Waals surface area (Å²) in [7, 11) is 1.51. The summed E-state index contributed by atoms with van der Waals surface area (Å²) in [4.78, 5) is 15.9. The van der Waals surface area contributed by atoms with E-state index in [1.807, 2.05) is 19.1 Å². The fourth-order valence-corrected chi connectivity index (χ4v) is 1.56. The zero-order valence-electron chi connectivity index (χ0n) is 10.8. The first kappa shape index (κ1) is 13.1. The molecular formula is C13H15N3O3. The minimum absolute atomic E-state index is 0.114. The van der Waals surface area contributed by atoms with E-state index in [9.17, 15) is 4.79 Å². The molecule has 0 unspecified atom stereocenters. The number of amides is 1. The number of nitrogens with one attached hydrogen (secondary N) is 1. The van der Waals surface area contributed by atoms with Crippen LogP contribution in [0.2, 0.25) is 0 Å². The van der Waals surface area contributed by atoms with Crippen LogP contribution in [-0.4, -0.2) is 23.2 Å². The Kier molecular flexibility index (Phi) is 4.12. The highest BCUT2D eigenvalue weighted by molar-refractivity contribution is 5.90. The molecule has 1 amide bonds. The number of hydrogen-bond donors (Lipinski definition) is 1. The van der Waals surface area contributed by atoms with Crippen LogP contribution < -0.4 is 10.1 Å². The summed E-state index contributed by atoms with van der Waals surface area (Å²) in [5.41, 5.74) is 0.928. The van der Waals surface area contributed by atoms with Gasteiger partial charge in [-0.15, -0.1) is 0 Å². The molecule has 6 heteroatoms. The predicted molar refractivity (Wildman–Crippen MR) is 69.0 cm³/mol. The number of rotatable bonds is 5. The van der Waals surface area contributed by atoms with Gasteiger partial charge in [0.1, 0.15) is 11.6 Å². The lowest BCUT2D eigenvalue weighted by molar-refractivity contribution is -0.116. The van der Waals surface area contributed by atoms with Gasteiger partial charge in [0.05, 0.1) is 7.11 Å². The molecule has 100 valence electrons. The zero-order valence-corrected chi connectivity index (χ0v) is 10.8. The van der Waals surface area contributed by atoms with Gasteiger partial charge in [-0.1, -0.05) is 6.07 Å². The minimum atomic E-state index is -0.114. The maximum absolute atomic E-state index is 11.8. The van der Waals surface area contributed by atoms with Crippen LogP contribution in [-0.2, 0) is 11.2 Å². The molecule has 0 saturated heterocycles. The number of methoxy groups -OCH3 is 1.